The molecule has 2 aliphatic carbocycles. The molecule has 2 heterocycles. The van der Waals surface area contributed by atoms with E-state index in [0.717, 1.165) is 25.7 Å². The molecule has 0 aromatic carbocycles. The highest BCUT2D eigenvalue weighted by Crippen LogP contribution is 2.55. The van der Waals surface area contributed by atoms with E-state index in [1.165, 1.54) is 26.2 Å². The molecule has 2 aliphatic heterocycles. The van der Waals surface area contributed by atoms with Crippen molar-refractivity contribution in [2.45, 2.75) is 89.2 Å². The molecule has 0 amide bonds. The monoisotopic (exact) mass is 296 g/mol. The van der Waals surface area contributed by atoms with Crippen LogP contribution in [0.25, 0.3) is 0 Å². The van der Waals surface area contributed by atoms with Crippen molar-refractivity contribution in [3.8, 4) is 0 Å². The smallest absolute Gasteiger partial charge is 0.304 e. The Labute approximate surface area is 125 Å². The van der Waals surface area contributed by atoms with Gasteiger partial charge in [-0.3, -0.25) is 4.79 Å². The summed E-state index contributed by atoms with van der Waals surface area (Å²) in [5.41, 5.74) is -0.152. The second kappa shape index (κ2) is 4.67. The summed E-state index contributed by atoms with van der Waals surface area (Å²) in [7, 11) is 0. The first kappa shape index (κ1) is 14.0. The van der Waals surface area contributed by atoms with E-state index in [1.807, 2.05) is 0 Å². The second-order valence-electron chi connectivity index (χ2n) is 7.39. The van der Waals surface area contributed by atoms with Crippen LogP contribution in [0.2, 0.25) is 0 Å². The number of hydrogen-bond donors (Lipinski definition) is 0. The average molecular weight is 296 g/mol. The van der Waals surface area contributed by atoms with Crippen LogP contribution in [0.3, 0.4) is 0 Å². The van der Waals surface area contributed by atoms with Gasteiger partial charge in [0.2, 0.25) is 6.29 Å². The number of carbonyl (C=O) groups is 1. The van der Waals surface area contributed by atoms with Gasteiger partial charge in [-0.05, 0) is 25.7 Å². The minimum absolute atomic E-state index is 0.00302. The summed E-state index contributed by atoms with van der Waals surface area (Å²) in [6.07, 6.45) is 6.95. The molecule has 1 spiro atoms. The average Bonchev–Trinajstić information content (AvgIpc) is 2.88. The zero-order chi connectivity index (χ0) is 14.7. The Hall–Kier alpha value is -0.650. The number of hydrogen-bond acceptors (Lipinski definition) is 5. The molecule has 0 N–H and O–H groups in total. The minimum Gasteiger partial charge on any atom is -0.435 e. The number of fused-ring (bicyclic) bond motifs is 4. The van der Waals surface area contributed by atoms with Crippen LogP contribution in [-0.4, -0.2) is 36.4 Å². The number of carbonyl (C=O) groups excluding carboxylic acids is 1. The van der Waals surface area contributed by atoms with Gasteiger partial charge in [0.25, 0.3) is 0 Å². The maximum Gasteiger partial charge on any atom is 0.304 e. The van der Waals surface area contributed by atoms with Gasteiger partial charge in [-0.15, -0.1) is 0 Å². The molecule has 5 heteroatoms. The van der Waals surface area contributed by atoms with Crippen molar-refractivity contribution >= 4 is 5.97 Å². The minimum atomic E-state index is -0.458. The highest BCUT2D eigenvalue weighted by atomic mass is 16.8. The van der Waals surface area contributed by atoms with Gasteiger partial charge in [-0.1, -0.05) is 13.3 Å². The van der Waals surface area contributed by atoms with Crippen molar-refractivity contribution in [1.29, 1.82) is 0 Å². The summed E-state index contributed by atoms with van der Waals surface area (Å²) in [6, 6.07) is 0. The van der Waals surface area contributed by atoms with Crippen LogP contribution in [0.4, 0.5) is 0 Å². The summed E-state index contributed by atoms with van der Waals surface area (Å²) >= 11 is 0. The van der Waals surface area contributed by atoms with Crippen LogP contribution in [0.15, 0.2) is 0 Å². The topological polar surface area (TPSA) is 54.0 Å². The Morgan fingerprint density at radius 3 is 2.52 bits per heavy atom. The zero-order valence-electron chi connectivity index (χ0n) is 12.8. The van der Waals surface area contributed by atoms with Gasteiger partial charge in [-0.25, -0.2) is 0 Å². The fraction of sp³-hybridized carbons (Fsp3) is 0.938. The van der Waals surface area contributed by atoms with Gasteiger partial charge in [-0.2, -0.15) is 0 Å². The summed E-state index contributed by atoms with van der Waals surface area (Å²) in [5, 5.41) is 0. The van der Waals surface area contributed by atoms with Crippen LogP contribution >= 0.6 is 0 Å². The predicted molar refractivity (Wildman–Crippen MR) is 73.3 cm³/mol. The van der Waals surface area contributed by atoms with Gasteiger partial charge in [0.05, 0.1) is 12.2 Å². The van der Waals surface area contributed by atoms with Crippen molar-refractivity contribution in [2.75, 3.05) is 0 Å². The Morgan fingerprint density at radius 2 is 1.81 bits per heavy atom. The van der Waals surface area contributed by atoms with E-state index >= 15 is 0 Å². The summed E-state index contributed by atoms with van der Waals surface area (Å²) in [4.78, 5) is 11.3. The lowest BCUT2D eigenvalue weighted by atomic mass is 9.74. The van der Waals surface area contributed by atoms with Gasteiger partial charge in [0, 0.05) is 25.2 Å². The largest absolute Gasteiger partial charge is 0.435 e. The van der Waals surface area contributed by atoms with E-state index in [4.69, 9.17) is 18.9 Å². The first-order valence-corrected chi connectivity index (χ1v) is 8.18. The Kier molecular flexibility index (Phi) is 3.11. The molecule has 2 bridgehead atoms. The molecule has 2 saturated heterocycles. The predicted octanol–water partition coefficient (Wildman–Crippen LogP) is 2.52. The van der Waals surface area contributed by atoms with Crippen molar-refractivity contribution in [1.82, 2.24) is 0 Å². The Balaban J connectivity index is 1.52. The van der Waals surface area contributed by atoms with Crippen molar-refractivity contribution in [3.05, 3.63) is 0 Å². The Morgan fingerprint density at radius 1 is 1.10 bits per heavy atom. The summed E-state index contributed by atoms with van der Waals surface area (Å²) < 4.78 is 24.0. The molecule has 0 aromatic rings. The highest BCUT2D eigenvalue weighted by molar-refractivity contribution is 5.66. The normalized spacial score (nSPS) is 47.3. The standard InChI is InChI=1S/C16H24O5/c1-10(17)18-14-15(2)8-11(19-14)13-12(9-15)20-16(21-13)6-4-3-5-7-16/h11-14H,3-9H2,1-2H3/t11-,12-,13?,14?,15+/m1/s1. The third kappa shape index (κ3) is 2.21. The van der Waals surface area contributed by atoms with E-state index in [2.05, 4.69) is 6.92 Å². The molecule has 2 unspecified atom stereocenters. The maximum atomic E-state index is 11.3. The summed E-state index contributed by atoms with van der Waals surface area (Å²) in [6.45, 7) is 3.56. The SMILES string of the molecule is CC(=O)OC1O[C@@H]2C[C@@]1(C)C[C@H]1OC3(CCCCC3)OC21. The fourth-order valence-electron chi connectivity index (χ4n) is 4.57. The number of ether oxygens (including phenoxy) is 4. The molecule has 0 radical (unpaired) electrons. The van der Waals surface area contributed by atoms with E-state index in [1.54, 1.807) is 0 Å². The van der Waals surface area contributed by atoms with Crippen LogP contribution in [0.5, 0.6) is 0 Å². The Bertz CT molecular complexity index is 444. The molecular weight excluding hydrogens is 272 g/mol. The van der Waals surface area contributed by atoms with Crippen molar-refractivity contribution in [3.63, 3.8) is 0 Å². The molecule has 21 heavy (non-hydrogen) atoms. The number of rotatable bonds is 1. The lowest BCUT2D eigenvalue weighted by Crippen LogP contribution is -2.42. The van der Waals surface area contributed by atoms with Crippen LogP contribution in [0.1, 0.15) is 58.8 Å². The third-order valence-electron chi connectivity index (χ3n) is 5.54. The lowest BCUT2D eigenvalue weighted by molar-refractivity contribution is -0.221. The van der Waals surface area contributed by atoms with Crippen LogP contribution in [-0.2, 0) is 23.7 Å². The molecular formula is C16H24O5. The van der Waals surface area contributed by atoms with E-state index in [-0.39, 0.29) is 35.5 Å². The molecule has 118 valence electrons. The van der Waals surface area contributed by atoms with Crippen molar-refractivity contribution in [2.24, 2.45) is 5.41 Å². The first-order chi connectivity index (χ1) is 10.00. The molecule has 4 rings (SSSR count). The molecule has 5 atom stereocenters. The molecule has 4 fully saturated rings. The van der Waals surface area contributed by atoms with Gasteiger partial charge in [0.15, 0.2) is 5.79 Å². The highest BCUT2D eigenvalue weighted by Gasteiger charge is 2.62. The number of esters is 1. The van der Waals surface area contributed by atoms with E-state index < -0.39 is 6.29 Å². The van der Waals surface area contributed by atoms with Gasteiger partial charge < -0.3 is 18.9 Å². The second-order valence-corrected chi connectivity index (χ2v) is 7.39. The van der Waals surface area contributed by atoms with Crippen LogP contribution < -0.4 is 0 Å². The molecule has 5 nitrogen and oxygen atoms in total. The quantitative estimate of drug-likeness (QED) is 0.696. The third-order valence-corrected chi connectivity index (χ3v) is 5.54. The lowest BCUT2D eigenvalue weighted by Gasteiger charge is -2.34. The maximum absolute atomic E-state index is 11.3. The van der Waals surface area contributed by atoms with E-state index in [0.29, 0.717) is 0 Å². The molecule has 0 aromatic heterocycles. The molecule has 4 aliphatic rings. The summed E-state index contributed by atoms with van der Waals surface area (Å²) in [5.74, 6) is -0.654. The van der Waals surface area contributed by atoms with Crippen LogP contribution in [0, 0.1) is 5.41 Å². The zero-order valence-corrected chi connectivity index (χ0v) is 12.8. The fourth-order valence-corrected chi connectivity index (χ4v) is 4.57. The van der Waals surface area contributed by atoms with Crippen molar-refractivity contribution < 1.29 is 23.7 Å². The van der Waals surface area contributed by atoms with Gasteiger partial charge >= 0.3 is 5.97 Å². The van der Waals surface area contributed by atoms with Gasteiger partial charge in [0.1, 0.15) is 6.10 Å². The first-order valence-electron chi connectivity index (χ1n) is 8.18. The van der Waals surface area contributed by atoms with E-state index in [9.17, 15) is 4.79 Å². The molecule has 2 saturated carbocycles.